The van der Waals surface area contributed by atoms with E-state index >= 15 is 0 Å². The van der Waals surface area contributed by atoms with Crippen molar-refractivity contribution < 1.29 is 23.9 Å². The van der Waals surface area contributed by atoms with Crippen molar-refractivity contribution in [2.75, 3.05) is 18.5 Å². The number of esters is 1. The van der Waals surface area contributed by atoms with Crippen LogP contribution >= 0.6 is 0 Å². The molecule has 144 valence electrons. The summed E-state index contributed by atoms with van der Waals surface area (Å²) in [7, 11) is 0. The summed E-state index contributed by atoms with van der Waals surface area (Å²) in [5, 5.41) is 2.72. The number of benzene rings is 1. The minimum Gasteiger partial charge on any atom is -0.454 e. The minimum absolute atomic E-state index is 0.290. The van der Waals surface area contributed by atoms with Crippen LogP contribution in [0.5, 0.6) is 0 Å². The van der Waals surface area contributed by atoms with Gasteiger partial charge in [-0.25, -0.2) is 0 Å². The quantitative estimate of drug-likeness (QED) is 0.630. The van der Waals surface area contributed by atoms with Gasteiger partial charge in [0.05, 0.1) is 11.8 Å². The Hall–Kier alpha value is -2.70. The number of fused-ring (bicyclic) bond motifs is 1. The Bertz CT molecular complexity index is 744. The molecule has 0 radical (unpaired) electrons. The number of para-hydroxylation sites is 1. The molecule has 3 amide bonds. The lowest BCUT2D eigenvalue weighted by molar-refractivity contribution is -0.154. The van der Waals surface area contributed by atoms with Gasteiger partial charge in [0.15, 0.2) is 6.61 Å². The average molecular weight is 372 g/mol. The molecule has 0 unspecified atom stereocenters. The highest BCUT2D eigenvalue weighted by Gasteiger charge is 2.48. The molecule has 0 bridgehead atoms. The fourth-order valence-electron chi connectivity index (χ4n) is 3.89. The number of anilines is 1. The molecule has 1 aromatic rings. The molecule has 2 fully saturated rings. The van der Waals surface area contributed by atoms with E-state index < -0.39 is 25.0 Å². The number of hydrogen-bond acceptors (Lipinski definition) is 5. The molecule has 1 aromatic carbocycles. The molecule has 1 saturated heterocycles. The lowest BCUT2D eigenvalue weighted by Gasteiger charge is -2.19. The normalized spacial score (nSPS) is 21.8. The Morgan fingerprint density at radius 2 is 1.63 bits per heavy atom. The molecule has 1 heterocycles. The van der Waals surface area contributed by atoms with Crippen molar-refractivity contribution in [3.8, 4) is 0 Å². The van der Waals surface area contributed by atoms with E-state index in [9.17, 15) is 19.2 Å². The summed E-state index contributed by atoms with van der Waals surface area (Å²) in [5.41, 5.74) is 2.50. The van der Waals surface area contributed by atoms with Crippen LogP contribution in [0.3, 0.4) is 0 Å². The summed E-state index contributed by atoms with van der Waals surface area (Å²) in [6.45, 7) is 2.86. The highest BCUT2D eigenvalue weighted by atomic mass is 16.5. The third kappa shape index (κ3) is 4.02. The van der Waals surface area contributed by atoms with Crippen LogP contribution in [-0.4, -0.2) is 41.7 Å². The zero-order chi connectivity index (χ0) is 19.6. The molecule has 27 heavy (non-hydrogen) atoms. The number of ether oxygens (including phenoxy) is 1. The lowest BCUT2D eigenvalue weighted by atomic mass is 9.81. The first-order valence-corrected chi connectivity index (χ1v) is 9.25. The summed E-state index contributed by atoms with van der Waals surface area (Å²) >= 11 is 0. The molecule has 1 aliphatic heterocycles. The molecule has 1 aliphatic carbocycles. The lowest BCUT2D eigenvalue weighted by Crippen LogP contribution is -2.37. The molecule has 1 saturated carbocycles. The maximum Gasteiger partial charge on any atom is 0.326 e. The molecular formula is C20H24N2O5. The zero-order valence-electron chi connectivity index (χ0n) is 15.6. The van der Waals surface area contributed by atoms with E-state index in [0.29, 0.717) is 18.5 Å². The first-order valence-electron chi connectivity index (χ1n) is 9.25. The Labute approximate surface area is 158 Å². The summed E-state index contributed by atoms with van der Waals surface area (Å²) in [6.07, 6.45) is 3.24. The van der Waals surface area contributed by atoms with Crippen molar-refractivity contribution >= 4 is 29.4 Å². The van der Waals surface area contributed by atoms with Gasteiger partial charge in [0.1, 0.15) is 6.54 Å². The highest BCUT2D eigenvalue weighted by molar-refractivity contribution is 6.07. The third-order valence-electron chi connectivity index (χ3n) is 5.33. The zero-order valence-corrected chi connectivity index (χ0v) is 15.6. The molecule has 0 aromatic heterocycles. The van der Waals surface area contributed by atoms with Crippen LogP contribution < -0.4 is 5.32 Å². The number of likely N-dealkylation sites (tertiary alicyclic amines) is 1. The van der Waals surface area contributed by atoms with Gasteiger partial charge >= 0.3 is 5.97 Å². The van der Waals surface area contributed by atoms with E-state index in [1.54, 1.807) is 0 Å². The fourth-order valence-corrected chi connectivity index (χ4v) is 3.89. The summed E-state index contributed by atoms with van der Waals surface area (Å²) in [4.78, 5) is 49.8. The van der Waals surface area contributed by atoms with E-state index in [2.05, 4.69) is 5.32 Å². The van der Waals surface area contributed by atoms with Crippen molar-refractivity contribution in [3.63, 3.8) is 0 Å². The fraction of sp³-hybridized carbons (Fsp3) is 0.500. The second-order valence-corrected chi connectivity index (χ2v) is 7.24. The molecular weight excluding hydrogens is 348 g/mol. The second-order valence-electron chi connectivity index (χ2n) is 7.24. The van der Waals surface area contributed by atoms with Gasteiger partial charge in [-0.2, -0.15) is 0 Å². The monoisotopic (exact) mass is 372 g/mol. The van der Waals surface area contributed by atoms with E-state index in [-0.39, 0.29) is 23.7 Å². The second kappa shape index (κ2) is 7.90. The number of carbonyl (C=O) groups is 4. The molecule has 1 N–H and O–H groups in total. The average Bonchev–Trinajstić information content (AvgIpc) is 2.88. The minimum atomic E-state index is -0.757. The van der Waals surface area contributed by atoms with Crippen molar-refractivity contribution in [3.05, 3.63) is 29.3 Å². The smallest absolute Gasteiger partial charge is 0.326 e. The number of nitrogens with one attached hydrogen (secondary N) is 1. The van der Waals surface area contributed by atoms with Crippen LogP contribution in [0, 0.1) is 25.7 Å². The molecule has 3 rings (SSSR count). The standard InChI is InChI=1S/C20H24N2O5/c1-12-6-5-7-13(2)18(12)21-16(23)11-27-17(24)10-22-19(25)14-8-3-4-9-15(14)20(22)26/h5-7,14-15H,3-4,8-11H2,1-2H3,(H,21,23)/t14-,15+. The van der Waals surface area contributed by atoms with Gasteiger partial charge in [-0.3, -0.25) is 24.1 Å². The Morgan fingerprint density at radius 3 is 2.19 bits per heavy atom. The number of carbonyl (C=O) groups excluding carboxylic acids is 4. The predicted molar refractivity (Wildman–Crippen MR) is 97.7 cm³/mol. The maximum atomic E-state index is 12.4. The summed E-state index contributed by atoms with van der Waals surface area (Å²) < 4.78 is 4.97. The van der Waals surface area contributed by atoms with Gasteiger partial charge in [-0.05, 0) is 37.8 Å². The number of nitrogens with zero attached hydrogens (tertiary/aromatic N) is 1. The SMILES string of the molecule is Cc1cccc(C)c1NC(=O)COC(=O)CN1C(=O)[C@H]2CCCC[C@H]2C1=O. The van der Waals surface area contributed by atoms with E-state index in [1.807, 2.05) is 32.0 Å². The summed E-state index contributed by atoms with van der Waals surface area (Å²) in [5.74, 6) is -2.40. The van der Waals surface area contributed by atoms with Crippen LogP contribution in [0.1, 0.15) is 36.8 Å². The van der Waals surface area contributed by atoms with Gasteiger partial charge in [-0.15, -0.1) is 0 Å². The topological polar surface area (TPSA) is 92.8 Å². The van der Waals surface area contributed by atoms with Crippen LogP contribution in [0.15, 0.2) is 18.2 Å². The third-order valence-corrected chi connectivity index (χ3v) is 5.33. The first-order chi connectivity index (χ1) is 12.9. The number of amides is 3. The Morgan fingerprint density at radius 1 is 1.07 bits per heavy atom. The first kappa shape index (κ1) is 19.1. The molecule has 7 nitrogen and oxygen atoms in total. The maximum absolute atomic E-state index is 12.4. The number of aryl methyl sites for hydroxylation is 2. The number of imide groups is 1. The summed E-state index contributed by atoms with van der Waals surface area (Å²) in [6, 6.07) is 5.64. The van der Waals surface area contributed by atoms with Gasteiger partial charge < -0.3 is 10.1 Å². The Kier molecular flexibility index (Phi) is 5.58. The van der Waals surface area contributed by atoms with Crippen molar-refractivity contribution in [2.45, 2.75) is 39.5 Å². The molecule has 2 aliphatic rings. The predicted octanol–water partition coefficient (Wildman–Crippen LogP) is 1.96. The van der Waals surface area contributed by atoms with E-state index in [0.717, 1.165) is 28.9 Å². The van der Waals surface area contributed by atoms with Gasteiger partial charge in [0, 0.05) is 5.69 Å². The van der Waals surface area contributed by atoms with E-state index in [1.165, 1.54) is 0 Å². The van der Waals surface area contributed by atoms with E-state index in [4.69, 9.17) is 4.74 Å². The Balaban J connectivity index is 1.52. The van der Waals surface area contributed by atoms with Crippen LogP contribution in [0.25, 0.3) is 0 Å². The highest BCUT2D eigenvalue weighted by Crippen LogP contribution is 2.37. The van der Waals surface area contributed by atoms with Gasteiger partial charge in [-0.1, -0.05) is 31.0 Å². The van der Waals surface area contributed by atoms with Crippen LogP contribution in [0.2, 0.25) is 0 Å². The molecule has 0 spiro atoms. The van der Waals surface area contributed by atoms with Gasteiger partial charge in [0.25, 0.3) is 5.91 Å². The van der Waals surface area contributed by atoms with Gasteiger partial charge in [0.2, 0.25) is 11.8 Å². The van der Waals surface area contributed by atoms with Crippen molar-refractivity contribution in [2.24, 2.45) is 11.8 Å². The van der Waals surface area contributed by atoms with Crippen LogP contribution in [0.4, 0.5) is 5.69 Å². The number of hydrogen-bond donors (Lipinski definition) is 1. The molecule has 2 atom stereocenters. The number of rotatable bonds is 5. The van der Waals surface area contributed by atoms with Crippen LogP contribution in [-0.2, 0) is 23.9 Å². The largest absolute Gasteiger partial charge is 0.454 e. The van der Waals surface area contributed by atoms with Crippen molar-refractivity contribution in [1.29, 1.82) is 0 Å². The molecule has 7 heteroatoms. The van der Waals surface area contributed by atoms with Crippen molar-refractivity contribution in [1.82, 2.24) is 4.90 Å².